The second-order valence-corrected chi connectivity index (χ2v) is 4.31. The Morgan fingerprint density at radius 3 is 2.69 bits per heavy atom. The van der Waals surface area contributed by atoms with Crippen molar-refractivity contribution in [1.82, 2.24) is 15.0 Å². The third-order valence-corrected chi connectivity index (χ3v) is 2.49. The van der Waals surface area contributed by atoms with Gasteiger partial charge in [-0.25, -0.2) is 4.68 Å². The predicted octanol–water partition coefficient (Wildman–Crippen LogP) is 1.51. The summed E-state index contributed by atoms with van der Waals surface area (Å²) >= 11 is 0. The smallest absolute Gasteiger partial charge is 0.309 e. The number of aryl methyl sites for hydroxylation is 1. The highest BCUT2D eigenvalue weighted by atomic mass is 16.4. The molecule has 90 valence electrons. The highest BCUT2D eigenvalue weighted by molar-refractivity contribution is 5.69. The SMILES string of the molecule is CCc1c(CC(=O)O)nnn1CCC(C)C. The average molecular weight is 225 g/mol. The lowest BCUT2D eigenvalue weighted by molar-refractivity contribution is -0.136. The number of carbonyl (C=O) groups is 1. The van der Waals surface area contributed by atoms with Crippen LogP contribution in [0.15, 0.2) is 0 Å². The van der Waals surface area contributed by atoms with Crippen LogP contribution in [0.4, 0.5) is 0 Å². The van der Waals surface area contributed by atoms with Crippen LogP contribution in [0.25, 0.3) is 0 Å². The summed E-state index contributed by atoms with van der Waals surface area (Å²) < 4.78 is 1.83. The number of aromatic nitrogens is 3. The first kappa shape index (κ1) is 12.7. The van der Waals surface area contributed by atoms with Crippen LogP contribution in [-0.2, 0) is 24.2 Å². The molecule has 5 nitrogen and oxygen atoms in total. The van der Waals surface area contributed by atoms with E-state index in [9.17, 15) is 4.79 Å². The van der Waals surface area contributed by atoms with Crippen LogP contribution in [0.3, 0.4) is 0 Å². The Morgan fingerprint density at radius 2 is 2.19 bits per heavy atom. The van der Waals surface area contributed by atoms with Crippen LogP contribution in [0.5, 0.6) is 0 Å². The van der Waals surface area contributed by atoms with E-state index >= 15 is 0 Å². The summed E-state index contributed by atoms with van der Waals surface area (Å²) in [5.41, 5.74) is 1.54. The Morgan fingerprint density at radius 1 is 1.50 bits per heavy atom. The Kier molecular flexibility index (Phi) is 4.46. The second kappa shape index (κ2) is 5.63. The molecule has 0 atom stereocenters. The Bertz CT molecular complexity index is 358. The molecule has 0 aliphatic heterocycles. The lowest BCUT2D eigenvalue weighted by Gasteiger charge is -2.07. The molecule has 1 aromatic rings. The number of hydrogen-bond acceptors (Lipinski definition) is 3. The Hall–Kier alpha value is -1.39. The number of hydrogen-bond donors (Lipinski definition) is 1. The van der Waals surface area contributed by atoms with Crippen LogP contribution in [-0.4, -0.2) is 26.1 Å². The summed E-state index contributed by atoms with van der Waals surface area (Å²) in [5.74, 6) is -0.248. The summed E-state index contributed by atoms with van der Waals surface area (Å²) in [6, 6.07) is 0. The molecule has 0 spiro atoms. The van der Waals surface area contributed by atoms with Crippen molar-refractivity contribution in [3.63, 3.8) is 0 Å². The van der Waals surface area contributed by atoms with E-state index < -0.39 is 5.97 Å². The van der Waals surface area contributed by atoms with E-state index in [4.69, 9.17) is 5.11 Å². The van der Waals surface area contributed by atoms with Gasteiger partial charge in [-0.2, -0.15) is 0 Å². The minimum absolute atomic E-state index is 0.0369. The number of carboxylic acid groups (broad SMARTS) is 1. The maximum absolute atomic E-state index is 10.6. The monoisotopic (exact) mass is 225 g/mol. The van der Waals surface area contributed by atoms with Crippen LogP contribution >= 0.6 is 0 Å². The molecule has 1 rings (SSSR count). The summed E-state index contributed by atoms with van der Waals surface area (Å²) in [4.78, 5) is 10.6. The topological polar surface area (TPSA) is 68.0 Å². The summed E-state index contributed by atoms with van der Waals surface area (Å²) in [7, 11) is 0. The van der Waals surface area contributed by atoms with Gasteiger partial charge in [0.05, 0.1) is 17.8 Å². The van der Waals surface area contributed by atoms with Crippen molar-refractivity contribution in [1.29, 1.82) is 0 Å². The number of rotatable bonds is 6. The molecule has 0 fully saturated rings. The van der Waals surface area contributed by atoms with E-state index in [1.54, 1.807) is 0 Å². The highest BCUT2D eigenvalue weighted by Crippen LogP contribution is 2.10. The normalized spacial score (nSPS) is 11.0. The average Bonchev–Trinajstić information content (AvgIpc) is 2.56. The van der Waals surface area contributed by atoms with E-state index in [1.807, 2.05) is 11.6 Å². The van der Waals surface area contributed by atoms with Gasteiger partial charge in [-0.1, -0.05) is 26.0 Å². The van der Waals surface area contributed by atoms with E-state index in [1.165, 1.54) is 0 Å². The fourth-order valence-electron chi connectivity index (χ4n) is 1.60. The van der Waals surface area contributed by atoms with Gasteiger partial charge in [-0.3, -0.25) is 4.79 Å². The van der Waals surface area contributed by atoms with Gasteiger partial charge in [0.15, 0.2) is 0 Å². The molecule has 0 saturated carbocycles. The van der Waals surface area contributed by atoms with Gasteiger partial charge in [0.1, 0.15) is 0 Å². The van der Waals surface area contributed by atoms with Crippen molar-refractivity contribution in [2.75, 3.05) is 0 Å². The van der Waals surface area contributed by atoms with Crippen LogP contribution < -0.4 is 0 Å². The number of carboxylic acids is 1. The zero-order valence-corrected chi connectivity index (χ0v) is 10.1. The van der Waals surface area contributed by atoms with E-state index in [-0.39, 0.29) is 6.42 Å². The number of nitrogens with zero attached hydrogens (tertiary/aromatic N) is 3. The molecule has 0 aliphatic carbocycles. The third-order valence-electron chi connectivity index (χ3n) is 2.49. The van der Waals surface area contributed by atoms with Crippen LogP contribution in [0, 0.1) is 5.92 Å². The molecule has 0 aromatic carbocycles. The molecule has 0 aliphatic rings. The fourth-order valence-corrected chi connectivity index (χ4v) is 1.60. The van der Waals surface area contributed by atoms with E-state index in [0.717, 1.165) is 25.1 Å². The van der Waals surface area contributed by atoms with Crippen molar-refractivity contribution in [3.8, 4) is 0 Å². The second-order valence-electron chi connectivity index (χ2n) is 4.31. The summed E-state index contributed by atoms with van der Waals surface area (Å²) in [5, 5.41) is 16.7. The van der Waals surface area contributed by atoms with Crippen molar-refractivity contribution in [2.45, 2.75) is 46.6 Å². The fraction of sp³-hybridized carbons (Fsp3) is 0.727. The quantitative estimate of drug-likeness (QED) is 0.797. The Balaban J connectivity index is 2.77. The van der Waals surface area contributed by atoms with Crippen molar-refractivity contribution in [2.24, 2.45) is 5.92 Å². The van der Waals surface area contributed by atoms with Crippen LogP contribution in [0.2, 0.25) is 0 Å². The maximum atomic E-state index is 10.6. The standard InChI is InChI=1S/C11H19N3O2/c1-4-10-9(7-11(15)16)12-13-14(10)6-5-8(2)3/h8H,4-7H2,1-3H3,(H,15,16). The summed E-state index contributed by atoms with van der Waals surface area (Å²) in [6.07, 6.45) is 1.77. The predicted molar refractivity (Wildman–Crippen MR) is 60.2 cm³/mol. The first-order valence-electron chi connectivity index (χ1n) is 5.67. The number of aliphatic carboxylic acids is 1. The first-order chi connectivity index (χ1) is 7.54. The van der Waals surface area contributed by atoms with Gasteiger partial charge < -0.3 is 5.11 Å². The van der Waals surface area contributed by atoms with Crippen molar-refractivity contribution >= 4 is 5.97 Å². The third kappa shape index (κ3) is 3.32. The lowest BCUT2D eigenvalue weighted by atomic mass is 10.1. The molecular weight excluding hydrogens is 206 g/mol. The summed E-state index contributed by atoms with van der Waals surface area (Å²) in [6.45, 7) is 7.12. The lowest BCUT2D eigenvalue weighted by Crippen LogP contribution is -2.09. The van der Waals surface area contributed by atoms with Crippen molar-refractivity contribution in [3.05, 3.63) is 11.4 Å². The van der Waals surface area contributed by atoms with Gasteiger partial charge in [0, 0.05) is 6.54 Å². The molecule has 16 heavy (non-hydrogen) atoms. The molecule has 5 heteroatoms. The molecule has 0 unspecified atom stereocenters. The van der Waals surface area contributed by atoms with E-state index in [0.29, 0.717) is 11.6 Å². The molecule has 1 N–H and O–H groups in total. The molecule has 0 amide bonds. The minimum Gasteiger partial charge on any atom is -0.481 e. The molecule has 1 heterocycles. The minimum atomic E-state index is -0.856. The van der Waals surface area contributed by atoms with E-state index in [2.05, 4.69) is 24.2 Å². The highest BCUT2D eigenvalue weighted by Gasteiger charge is 2.13. The van der Waals surface area contributed by atoms with Gasteiger partial charge in [-0.15, -0.1) is 5.10 Å². The zero-order chi connectivity index (χ0) is 12.1. The molecular formula is C11H19N3O2. The molecule has 0 saturated heterocycles. The zero-order valence-electron chi connectivity index (χ0n) is 10.1. The molecule has 0 bridgehead atoms. The van der Waals surface area contributed by atoms with Crippen molar-refractivity contribution < 1.29 is 9.90 Å². The molecule has 0 radical (unpaired) electrons. The Labute approximate surface area is 95.5 Å². The first-order valence-corrected chi connectivity index (χ1v) is 5.67. The van der Waals surface area contributed by atoms with Gasteiger partial charge in [-0.05, 0) is 18.8 Å². The van der Waals surface area contributed by atoms with Crippen LogP contribution in [0.1, 0.15) is 38.6 Å². The molecule has 1 aromatic heterocycles. The maximum Gasteiger partial charge on any atom is 0.309 e. The van der Waals surface area contributed by atoms with Gasteiger partial charge >= 0.3 is 5.97 Å². The van der Waals surface area contributed by atoms with Gasteiger partial charge in [0.25, 0.3) is 0 Å². The largest absolute Gasteiger partial charge is 0.481 e. The van der Waals surface area contributed by atoms with Gasteiger partial charge in [0.2, 0.25) is 0 Å².